The van der Waals surface area contributed by atoms with Crippen molar-refractivity contribution < 1.29 is 19.8 Å². The number of carbonyl (C=O) groups excluding carboxylic acids is 1. The van der Waals surface area contributed by atoms with Gasteiger partial charge in [0, 0.05) is 29.8 Å². The molecule has 1 aromatic carbocycles. The predicted octanol–water partition coefficient (Wildman–Crippen LogP) is 6.29. The van der Waals surface area contributed by atoms with Gasteiger partial charge in [-0.1, -0.05) is 63.4 Å². The summed E-state index contributed by atoms with van der Waals surface area (Å²) in [6.45, 7) is 6.27. The fourth-order valence-electron chi connectivity index (χ4n) is 4.53. The SMILES string of the molecule is CC(C)(CCCc1ccccc1)C(C)(O)CSC1CCC(=O)C1CCCCCCC(=O)O. The number of rotatable bonds is 15. The van der Waals surface area contributed by atoms with Gasteiger partial charge in [0.05, 0.1) is 5.60 Å². The van der Waals surface area contributed by atoms with Crippen LogP contribution in [0.1, 0.15) is 90.5 Å². The van der Waals surface area contributed by atoms with Gasteiger partial charge in [0.2, 0.25) is 0 Å². The van der Waals surface area contributed by atoms with Gasteiger partial charge in [-0.15, -0.1) is 0 Å². The summed E-state index contributed by atoms with van der Waals surface area (Å²) < 4.78 is 0. The van der Waals surface area contributed by atoms with Crippen LogP contribution in [0.25, 0.3) is 0 Å². The van der Waals surface area contributed by atoms with Gasteiger partial charge in [0.1, 0.15) is 5.78 Å². The summed E-state index contributed by atoms with van der Waals surface area (Å²) in [5, 5.41) is 20.3. The van der Waals surface area contributed by atoms with Gasteiger partial charge in [-0.25, -0.2) is 0 Å². The van der Waals surface area contributed by atoms with Crippen LogP contribution >= 0.6 is 11.8 Å². The monoisotopic (exact) mass is 462 g/mol. The van der Waals surface area contributed by atoms with E-state index >= 15 is 0 Å². The number of Topliss-reactive ketones (excluding diaryl/α,β-unsaturated/α-hetero) is 1. The minimum atomic E-state index is -0.790. The molecule has 180 valence electrons. The van der Waals surface area contributed by atoms with Crippen LogP contribution in [-0.4, -0.2) is 38.6 Å². The summed E-state index contributed by atoms with van der Waals surface area (Å²) in [5.74, 6) is 0.382. The molecule has 1 aliphatic rings. The molecule has 0 saturated heterocycles. The number of thioether (sulfide) groups is 1. The minimum absolute atomic E-state index is 0.0940. The Bertz CT molecular complexity index is 714. The molecule has 0 heterocycles. The average Bonchev–Trinajstić information content (AvgIpc) is 3.09. The first-order valence-corrected chi connectivity index (χ1v) is 13.3. The summed E-state index contributed by atoms with van der Waals surface area (Å²) in [4.78, 5) is 23.0. The number of aryl methyl sites for hydroxylation is 1. The lowest BCUT2D eigenvalue weighted by atomic mass is 9.73. The van der Waals surface area contributed by atoms with Gasteiger partial charge in [0.15, 0.2) is 0 Å². The van der Waals surface area contributed by atoms with E-state index in [0.29, 0.717) is 29.6 Å². The number of unbranched alkanes of at least 4 members (excludes halogenated alkanes) is 3. The Kier molecular flexibility index (Phi) is 10.8. The Morgan fingerprint density at radius 3 is 2.44 bits per heavy atom. The standard InChI is InChI=1S/C27H42O4S/c1-26(2,19-11-14-21-12-7-6-8-13-21)27(3,31)20-32-24-18-17-23(28)22(24)15-9-4-5-10-16-25(29)30/h6-8,12-13,22,24,31H,4-5,9-11,14-20H2,1-3H3,(H,29,30). The molecule has 1 aromatic rings. The lowest BCUT2D eigenvalue weighted by molar-refractivity contribution is -0.137. The van der Waals surface area contributed by atoms with Gasteiger partial charge < -0.3 is 10.2 Å². The molecule has 0 radical (unpaired) electrons. The van der Waals surface area contributed by atoms with Crippen LogP contribution in [0, 0.1) is 11.3 Å². The van der Waals surface area contributed by atoms with Crippen molar-refractivity contribution in [2.24, 2.45) is 11.3 Å². The number of carboxylic acids is 1. The Morgan fingerprint density at radius 2 is 1.75 bits per heavy atom. The topological polar surface area (TPSA) is 74.6 Å². The number of ketones is 1. The molecule has 0 aromatic heterocycles. The number of carboxylic acid groups (broad SMARTS) is 1. The molecule has 1 fully saturated rings. The molecule has 2 N–H and O–H groups in total. The third-order valence-electron chi connectivity index (χ3n) is 7.34. The third kappa shape index (κ3) is 8.55. The second kappa shape index (κ2) is 12.8. The average molecular weight is 463 g/mol. The maximum absolute atomic E-state index is 12.4. The van der Waals surface area contributed by atoms with E-state index in [1.165, 1.54) is 5.56 Å². The molecule has 3 atom stereocenters. The minimum Gasteiger partial charge on any atom is -0.481 e. The van der Waals surface area contributed by atoms with Gasteiger partial charge in [-0.2, -0.15) is 11.8 Å². The molecule has 2 rings (SSSR count). The smallest absolute Gasteiger partial charge is 0.303 e. The van der Waals surface area contributed by atoms with Crippen molar-refractivity contribution in [3.8, 4) is 0 Å². The first-order chi connectivity index (χ1) is 15.1. The normalized spacial score (nSPS) is 20.9. The van der Waals surface area contributed by atoms with Crippen LogP contribution in [0.3, 0.4) is 0 Å². The lowest BCUT2D eigenvalue weighted by Crippen LogP contribution is -2.44. The molecule has 1 saturated carbocycles. The van der Waals surface area contributed by atoms with E-state index in [0.717, 1.165) is 51.4 Å². The third-order valence-corrected chi connectivity index (χ3v) is 9.06. The molecule has 3 unspecified atom stereocenters. The number of aliphatic hydroxyl groups is 1. The summed E-state index contributed by atoms with van der Waals surface area (Å²) in [6.07, 6.45) is 9.33. The van der Waals surface area contributed by atoms with Gasteiger partial charge in [-0.05, 0) is 56.4 Å². The summed E-state index contributed by atoms with van der Waals surface area (Å²) in [6, 6.07) is 10.5. The number of benzene rings is 1. The van der Waals surface area contributed by atoms with Gasteiger partial charge in [-0.3, -0.25) is 9.59 Å². The number of hydrogen-bond donors (Lipinski definition) is 2. The lowest BCUT2D eigenvalue weighted by Gasteiger charge is -2.41. The van der Waals surface area contributed by atoms with Crippen molar-refractivity contribution in [2.45, 2.75) is 102 Å². The van der Waals surface area contributed by atoms with E-state index < -0.39 is 11.6 Å². The van der Waals surface area contributed by atoms with E-state index in [-0.39, 0.29) is 17.8 Å². The second-order valence-corrected chi connectivity index (χ2v) is 11.5. The maximum Gasteiger partial charge on any atom is 0.303 e. The highest BCUT2D eigenvalue weighted by atomic mass is 32.2. The van der Waals surface area contributed by atoms with Crippen molar-refractivity contribution >= 4 is 23.5 Å². The number of hydrogen-bond acceptors (Lipinski definition) is 4. The van der Waals surface area contributed by atoms with Crippen LogP contribution in [0.2, 0.25) is 0 Å². The molecule has 0 amide bonds. The Labute approximate surface area is 198 Å². The highest BCUT2D eigenvalue weighted by Crippen LogP contribution is 2.42. The molecule has 0 bridgehead atoms. The quantitative estimate of drug-likeness (QED) is 0.300. The Morgan fingerprint density at radius 1 is 1.06 bits per heavy atom. The van der Waals surface area contributed by atoms with E-state index in [2.05, 4.69) is 38.1 Å². The highest BCUT2D eigenvalue weighted by molar-refractivity contribution is 8.00. The molecular formula is C27H42O4S. The van der Waals surface area contributed by atoms with Crippen LogP contribution in [0.15, 0.2) is 30.3 Å². The first-order valence-electron chi connectivity index (χ1n) is 12.2. The van der Waals surface area contributed by atoms with Crippen LogP contribution in [-0.2, 0) is 16.0 Å². The van der Waals surface area contributed by atoms with Gasteiger partial charge >= 0.3 is 5.97 Å². The fourth-order valence-corrected chi connectivity index (χ4v) is 6.27. The molecular weight excluding hydrogens is 420 g/mol. The van der Waals surface area contributed by atoms with E-state index in [4.69, 9.17) is 5.11 Å². The zero-order valence-electron chi connectivity index (χ0n) is 20.1. The Hall–Kier alpha value is -1.33. The largest absolute Gasteiger partial charge is 0.481 e. The van der Waals surface area contributed by atoms with Crippen LogP contribution < -0.4 is 0 Å². The second-order valence-electron chi connectivity index (χ2n) is 10.3. The zero-order valence-corrected chi connectivity index (χ0v) is 21.0. The van der Waals surface area contributed by atoms with E-state index in [1.54, 1.807) is 11.8 Å². The summed E-state index contributed by atoms with van der Waals surface area (Å²) in [5.41, 5.74) is 0.353. The molecule has 5 heteroatoms. The number of aliphatic carboxylic acids is 1. The molecule has 0 aliphatic heterocycles. The van der Waals surface area contributed by atoms with Crippen molar-refractivity contribution in [1.29, 1.82) is 0 Å². The van der Waals surface area contributed by atoms with Crippen LogP contribution in [0.4, 0.5) is 0 Å². The fraction of sp³-hybridized carbons (Fsp3) is 0.704. The first kappa shape index (κ1) is 26.9. The summed E-state index contributed by atoms with van der Waals surface area (Å²) >= 11 is 1.78. The molecule has 32 heavy (non-hydrogen) atoms. The van der Waals surface area contributed by atoms with Crippen molar-refractivity contribution in [3.63, 3.8) is 0 Å². The predicted molar refractivity (Wildman–Crippen MR) is 133 cm³/mol. The van der Waals surface area contributed by atoms with Crippen molar-refractivity contribution in [3.05, 3.63) is 35.9 Å². The van der Waals surface area contributed by atoms with E-state index in [1.807, 2.05) is 13.0 Å². The molecule has 4 nitrogen and oxygen atoms in total. The van der Waals surface area contributed by atoms with E-state index in [9.17, 15) is 14.7 Å². The Balaban J connectivity index is 1.76. The van der Waals surface area contributed by atoms with Gasteiger partial charge in [0.25, 0.3) is 0 Å². The highest BCUT2D eigenvalue weighted by Gasteiger charge is 2.41. The molecule has 0 spiro atoms. The zero-order chi connectivity index (χ0) is 23.6. The summed E-state index contributed by atoms with van der Waals surface area (Å²) in [7, 11) is 0. The van der Waals surface area contributed by atoms with Crippen molar-refractivity contribution in [1.82, 2.24) is 0 Å². The van der Waals surface area contributed by atoms with Crippen molar-refractivity contribution in [2.75, 3.05) is 5.75 Å². The number of carbonyl (C=O) groups is 2. The van der Waals surface area contributed by atoms with Crippen LogP contribution in [0.5, 0.6) is 0 Å². The molecule has 1 aliphatic carbocycles. The maximum atomic E-state index is 12.4.